The van der Waals surface area contributed by atoms with Crippen molar-refractivity contribution in [3.63, 3.8) is 0 Å². The van der Waals surface area contributed by atoms with E-state index in [1.165, 1.54) is 10.5 Å². The summed E-state index contributed by atoms with van der Waals surface area (Å²) in [4.78, 5) is 28.6. The summed E-state index contributed by atoms with van der Waals surface area (Å²) in [7, 11) is 0. The van der Waals surface area contributed by atoms with Crippen molar-refractivity contribution in [1.82, 2.24) is 9.80 Å². The average Bonchev–Trinajstić information content (AvgIpc) is 3.13. The maximum absolute atomic E-state index is 12.6. The van der Waals surface area contributed by atoms with Gasteiger partial charge < -0.3 is 0 Å². The highest BCUT2D eigenvalue weighted by Crippen LogP contribution is 2.34. The molecule has 25 heavy (non-hydrogen) atoms. The first-order valence-electron chi connectivity index (χ1n) is 8.52. The number of amides is 2. The lowest BCUT2D eigenvalue weighted by Gasteiger charge is -2.22. The van der Waals surface area contributed by atoms with Crippen molar-refractivity contribution in [3.8, 4) is 12.1 Å². The first kappa shape index (κ1) is 17.1. The van der Waals surface area contributed by atoms with Crippen molar-refractivity contribution in [1.29, 1.82) is 10.5 Å². The molecule has 0 spiro atoms. The molecule has 3 rings (SSSR count). The Morgan fingerprint density at radius 3 is 2.28 bits per heavy atom. The van der Waals surface area contributed by atoms with Gasteiger partial charge in [0, 0.05) is 32.6 Å². The van der Waals surface area contributed by atoms with Crippen LogP contribution in [-0.4, -0.2) is 41.2 Å². The van der Waals surface area contributed by atoms with Gasteiger partial charge in [-0.2, -0.15) is 10.5 Å². The number of benzene rings is 1. The van der Waals surface area contributed by atoms with Crippen LogP contribution in [0.1, 0.15) is 18.4 Å². The van der Waals surface area contributed by atoms with Gasteiger partial charge in [-0.15, -0.1) is 0 Å². The minimum absolute atomic E-state index is 0.113. The van der Waals surface area contributed by atoms with Gasteiger partial charge in [0.1, 0.15) is 0 Å². The van der Waals surface area contributed by atoms with Crippen LogP contribution >= 0.6 is 0 Å². The Hall–Kier alpha value is -2.70. The van der Waals surface area contributed by atoms with Crippen LogP contribution in [0.3, 0.4) is 0 Å². The van der Waals surface area contributed by atoms with Crippen molar-refractivity contribution in [2.45, 2.75) is 19.4 Å². The zero-order chi connectivity index (χ0) is 17.8. The Labute approximate surface area is 147 Å². The molecule has 1 aromatic rings. The highest BCUT2D eigenvalue weighted by molar-refractivity contribution is 6.05. The molecule has 2 aliphatic heterocycles. The SMILES string of the molecule is N#CCC[C@H](C#N)CN1C(=O)[C@H]2CN(Cc3ccccc3)C[C@@H]2C1=O. The first-order chi connectivity index (χ1) is 12.1. The molecule has 2 heterocycles. The fourth-order valence-electron chi connectivity index (χ4n) is 3.70. The molecule has 6 nitrogen and oxygen atoms in total. The average molecular weight is 336 g/mol. The standard InChI is InChI=1S/C19H20N4O2/c20-8-4-7-15(9-21)11-23-18(24)16-12-22(13-17(16)19(23)25)10-14-5-2-1-3-6-14/h1-3,5-6,15-17H,4,7,10-13H2/t15-,16+,17+/m1/s1. The quantitative estimate of drug-likeness (QED) is 0.735. The van der Waals surface area contributed by atoms with Crippen LogP contribution in [0.2, 0.25) is 0 Å². The number of fused-ring (bicyclic) bond motifs is 1. The number of nitrogens with zero attached hydrogens (tertiary/aromatic N) is 4. The molecular weight excluding hydrogens is 316 g/mol. The van der Waals surface area contributed by atoms with Crippen molar-refractivity contribution >= 4 is 11.8 Å². The number of rotatable bonds is 6. The number of carbonyl (C=O) groups excluding carboxylic acids is 2. The first-order valence-corrected chi connectivity index (χ1v) is 8.52. The summed E-state index contributed by atoms with van der Waals surface area (Å²) in [5, 5.41) is 17.8. The predicted molar refractivity (Wildman–Crippen MR) is 89.4 cm³/mol. The van der Waals surface area contributed by atoms with Crippen molar-refractivity contribution in [2.75, 3.05) is 19.6 Å². The molecule has 6 heteroatoms. The van der Waals surface area contributed by atoms with E-state index in [9.17, 15) is 14.9 Å². The summed E-state index contributed by atoms with van der Waals surface area (Å²) >= 11 is 0. The molecule has 0 saturated carbocycles. The molecular formula is C19H20N4O2. The fraction of sp³-hybridized carbons (Fsp3) is 0.474. The molecule has 0 radical (unpaired) electrons. The molecule has 128 valence electrons. The summed E-state index contributed by atoms with van der Waals surface area (Å²) in [5.74, 6) is -1.39. The van der Waals surface area contributed by atoms with E-state index in [4.69, 9.17) is 5.26 Å². The molecule has 0 aromatic heterocycles. The van der Waals surface area contributed by atoms with Crippen LogP contribution < -0.4 is 0 Å². The second kappa shape index (κ2) is 7.46. The molecule has 1 aromatic carbocycles. The third-order valence-electron chi connectivity index (χ3n) is 5.00. The lowest BCUT2D eigenvalue weighted by Crippen LogP contribution is -2.38. The monoisotopic (exact) mass is 336 g/mol. The lowest BCUT2D eigenvalue weighted by molar-refractivity contribution is -0.141. The largest absolute Gasteiger partial charge is 0.297 e. The smallest absolute Gasteiger partial charge is 0.234 e. The number of nitriles is 2. The van der Waals surface area contributed by atoms with Gasteiger partial charge >= 0.3 is 0 Å². The van der Waals surface area contributed by atoms with E-state index in [0.717, 1.165) is 6.54 Å². The molecule has 3 atom stereocenters. The summed E-state index contributed by atoms with van der Waals surface area (Å²) < 4.78 is 0. The van der Waals surface area contributed by atoms with E-state index in [-0.39, 0.29) is 36.6 Å². The Balaban J connectivity index is 1.62. The van der Waals surface area contributed by atoms with Gasteiger partial charge in [-0.25, -0.2) is 0 Å². The number of hydrogen-bond donors (Lipinski definition) is 0. The maximum atomic E-state index is 12.6. The van der Waals surface area contributed by atoms with E-state index < -0.39 is 5.92 Å². The van der Waals surface area contributed by atoms with Gasteiger partial charge in [0.05, 0.1) is 29.9 Å². The van der Waals surface area contributed by atoms with Gasteiger partial charge in [-0.1, -0.05) is 30.3 Å². The molecule has 2 fully saturated rings. The second-order valence-corrected chi connectivity index (χ2v) is 6.70. The predicted octanol–water partition coefficient (Wildman–Crippen LogP) is 1.55. The van der Waals surface area contributed by atoms with Gasteiger partial charge in [0.2, 0.25) is 11.8 Å². The lowest BCUT2D eigenvalue weighted by atomic mass is 10.00. The van der Waals surface area contributed by atoms with Gasteiger partial charge in [0.15, 0.2) is 0 Å². The Bertz CT molecular complexity index is 710. The number of imide groups is 1. The molecule has 0 aliphatic carbocycles. The number of likely N-dealkylation sites (tertiary alicyclic amines) is 2. The Morgan fingerprint density at radius 2 is 1.72 bits per heavy atom. The molecule has 2 amide bonds. The van der Waals surface area contributed by atoms with E-state index in [0.29, 0.717) is 19.5 Å². The number of carbonyl (C=O) groups is 2. The van der Waals surface area contributed by atoms with Crippen molar-refractivity contribution in [3.05, 3.63) is 35.9 Å². The normalized spacial score (nSPS) is 24.0. The molecule has 0 bridgehead atoms. The minimum atomic E-state index is -0.466. The maximum Gasteiger partial charge on any atom is 0.234 e. The van der Waals surface area contributed by atoms with E-state index >= 15 is 0 Å². The summed E-state index contributed by atoms with van der Waals surface area (Å²) in [6, 6.07) is 14.1. The molecule has 0 unspecified atom stereocenters. The van der Waals surface area contributed by atoms with Crippen molar-refractivity contribution < 1.29 is 9.59 Å². The molecule has 0 N–H and O–H groups in total. The van der Waals surface area contributed by atoms with Crippen LogP contribution in [0.4, 0.5) is 0 Å². The summed E-state index contributed by atoms with van der Waals surface area (Å²) in [6.45, 7) is 2.00. The van der Waals surface area contributed by atoms with Crippen LogP contribution in [0.15, 0.2) is 30.3 Å². The highest BCUT2D eigenvalue weighted by Gasteiger charge is 2.52. The van der Waals surface area contributed by atoms with Gasteiger partial charge in [0.25, 0.3) is 0 Å². The van der Waals surface area contributed by atoms with Crippen LogP contribution in [0.5, 0.6) is 0 Å². The summed E-state index contributed by atoms with van der Waals surface area (Å²) in [5.41, 5.74) is 1.17. The zero-order valence-corrected chi connectivity index (χ0v) is 14.0. The second-order valence-electron chi connectivity index (χ2n) is 6.70. The van der Waals surface area contributed by atoms with Crippen LogP contribution in [0, 0.1) is 40.4 Å². The van der Waals surface area contributed by atoms with Crippen LogP contribution in [0.25, 0.3) is 0 Å². The van der Waals surface area contributed by atoms with E-state index in [2.05, 4.69) is 11.0 Å². The zero-order valence-electron chi connectivity index (χ0n) is 14.0. The van der Waals surface area contributed by atoms with Crippen molar-refractivity contribution in [2.24, 2.45) is 17.8 Å². The van der Waals surface area contributed by atoms with E-state index in [1.54, 1.807) is 0 Å². The highest BCUT2D eigenvalue weighted by atomic mass is 16.2. The molecule has 2 aliphatic rings. The topological polar surface area (TPSA) is 88.2 Å². The fourth-order valence-corrected chi connectivity index (χ4v) is 3.70. The number of hydrogen-bond acceptors (Lipinski definition) is 5. The minimum Gasteiger partial charge on any atom is -0.297 e. The van der Waals surface area contributed by atoms with Crippen LogP contribution in [-0.2, 0) is 16.1 Å². The van der Waals surface area contributed by atoms with Gasteiger partial charge in [-0.3, -0.25) is 19.4 Å². The van der Waals surface area contributed by atoms with Gasteiger partial charge in [-0.05, 0) is 12.0 Å². The third-order valence-corrected chi connectivity index (χ3v) is 5.00. The van der Waals surface area contributed by atoms with E-state index in [1.807, 2.05) is 36.4 Å². The summed E-state index contributed by atoms with van der Waals surface area (Å²) in [6.07, 6.45) is 0.645. The third kappa shape index (κ3) is 3.55. The Morgan fingerprint density at radius 1 is 1.08 bits per heavy atom. The Kier molecular flexibility index (Phi) is 5.11. The molecule has 2 saturated heterocycles.